The van der Waals surface area contributed by atoms with Gasteiger partial charge in [0.2, 0.25) is 0 Å². The predicted molar refractivity (Wildman–Crippen MR) is 33.6 cm³/mol. The van der Waals surface area contributed by atoms with E-state index in [4.69, 9.17) is 0 Å². The molecule has 0 spiro atoms. The maximum atomic E-state index is 4.10. The summed E-state index contributed by atoms with van der Waals surface area (Å²) in [5.41, 5.74) is 1.16. The first kappa shape index (κ1) is 13.9. The third-order valence-electron chi connectivity index (χ3n) is 1.09. The first-order chi connectivity index (χ1) is 3.93. The summed E-state index contributed by atoms with van der Waals surface area (Å²) < 4.78 is 0. The quantitative estimate of drug-likeness (QED) is 0.614. The van der Waals surface area contributed by atoms with E-state index >= 15 is 0 Å². The van der Waals surface area contributed by atoms with E-state index in [0.29, 0.717) is 0 Å². The van der Waals surface area contributed by atoms with E-state index < -0.39 is 0 Å². The van der Waals surface area contributed by atoms with Crippen LogP contribution in [0.1, 0.15) is 12.6 Å². The summed E-state index contributed by atoms with van der Waals surface area (Å²) in [5, 5.41) is 0. The van der Waals surface area contributed by atoms with Gasteiger partial charge in [-0.15, -0.1) is 0 Å². The molecular formula is C7H9NReYb. The number of rotatable bonds is 1. The first-order valence-corrected chi connectivity index (χ1v) is 2.83. The van der Waals surface area contributed by atoms with Gasteiger partial charge in [-0.25, -0.2) is 0 Å². The Kier molecular flexibility index (Phi) is 11.7. The summed E-state index contributed by atoms with van der Waals surface area (Å²) in [5.74, 6) is 0. The second-order valence-corrected chi connectivity index (χ2v) is 1.67. The Bertz CT molecular complexity index is 155. The first-order valence-electron chi connectivity index (χ1n) is 2.83. The minimum atomic E-state index is 0. The van der Waals surface area contributed by atoms with Crippen molar-refractivity contribution in [2.24, 2.45) is 0 Å². The Balaban J connectivity index is 0. The summed E-state index contributed by atoms with van der Waals surface area (Å²) in [6.07, 6.45) is 2.85. The molecule has 1 radical (unpaired) electrons. The van der Waals surface area contributed by atoms with E-state index in [1.807, 2.05) is 24.4 Å². The third-order valence-corrected chi connectivity index (χ3v) is 1.09. The van der Waals surface area contributed by atoms with Gasteiger partial charge in [0.05, 0.1) is 0 Å². The molecule has 0 atom stereocenters. The van der Waals surface area contributed by atoms with E-state index in [9.17, 15) is 0 Å². The predicted octanol–water partition coefficient (Wildman–Crippen LogP) is 1.64. The van der Waals surface area contributed by atoms with Gasteiger partial charge in [0.25, 0.3) is 0 Å². The molecular weight excluding hydrogens is 457 g/mol. The number of hydrogen-bond acceptors (Lipinski definition) is 1. The van der Waals surface area contributed by atoms with Gasteiger partial charge in [-0.3, -0.25) is 4.98 Å². The zero-order valence-corrected chi connectivity index (χ0v) is 10.0. The summed E-state index contributed by atoms with van der Waals surface area (Å²) >= 11 is 0. The number of aromatic nitrogens is 1. The van der Waals surface area contributed by atoms with Crippen LogP contribution < -0.4 is 0 Å². The average Bonchev–Trinajstić information content (AvgIpc) is 1.90. The number of nitrogens with zero attached hydrogens (tertiary/aromatic N) is 1. The van der Waals surface area contributed by atoms with Crippen molar-refractivity contribution in [3.8, 4) is 0 Å². The summed E-state index contributed by atoms with van der Waals surface area (Å²) in [6, 6.07) is 5.96. The van der Waals surface area contributed by atoms with Gasteiger partial charge in [0.1, 0.15) is 0 Å². The molecule has 0 saturated carbocycles. The van der Waals surface area contributed by atoms with E-state index in [1.54, 1.807) is 0 Å². The van der Waals surface area contributed by atoms with Gasteiger partial charge in [0.15, 0.2) is 0 Å². The topological polar surface area (TPSA) is 12.9 Å². The minimum absolute atomic E-state index is 0. The van der Waals surface area contributed by atoms with Crippen molar-refractivity contribution in [1.29, 1.82) is 0 Å². The zero-order valence-electron chi connectivity index (χ0n) is 5.61. The van der Waals surface area contributed by atoms with E-state index in [1.165, 1.54) is 0 Å². The molecule has 0 aliphatic heterocycles. The van der Waals surface area contributed by atoms with Crippen LogP contribution in [0.25, 0.3) is 0 Å². The Hall–Kier alpha value is 1.33. The smallest absolute Gasteiger partial charge is 0.0400 e. The normalized spacial score (nSPS) is 7.30. The van der Waals surface area contributed by atoms with Crippen LogP contribution in [0.2, 0.25) is 0 Å². The number of pyridine rings is 1. The maximum Gasteiger partial charge on any atom is 0.0400 e. The molecule has 0 aliphatic carbocycles. The van der Waals surface area contributed by atoms with Gasteiger partial charge in [0, 0.05) is 79.2 Å². The molecule has 1 aromatic rings. The molecule has 3 heteroatoms. The van der Waals surface area contributed by atoms with Crippen molar-refractivity contribution >= 4 is 0 Å². The van der Waals surface area contributed by atoms with Gasteiger partial charge >= 0.3 is 0 Å². The Labute approximate surface area is 114 Å². The van der Waals surface area contributed by atoms with Crippen LogP contribution in [-0.2, 0) is 26.8 Å². The zero-order chi connectivity index (χ0) is 5.82. The van der Waals surface area contributed by atoms with Gasteiger partial charge in [-0.1, -0.05) is 13.0 Å². The second kappa shape index (κ2) is 8.43. The number of aryl methyl sites for hydroxylation is 1. The Morgan fingerprint density at radius 1 is 1.40 bits per heavy atom. The molecule has 63 valence electrons. The van der Waals surface area contributed by atoms with Crippen molar-refractivity contribution in [3.05, 3.63) is 30.1 Å². The van der Waals surface area contributed by atoms with Crippen LogP contribution in [0, 0.1) is 46.9 Å². The molecule has 0 fully saturated rings. The molecule has 0 bridgehead atoms. The van der Waals surface area contributed by atoms with Crippen molar-refractivity contribution < 1.29 is 67.3 Å². The Morgan fingerprint density at radius 2 is 2.10 bits per heavy atom. The maximum absolute atomic E-state index is 4.10. The van der Waals surface area contributed by atoms with Crippen LogP contribution in [0.15, 0.2) is 24.4 Å². The summed E-state index contributed by atoms with van der Waals surface area (Å²) in [6.45, 7) is 2.10. The van der Waals surface area contributed by atoms with Crippen LogP contribution in [0.4, 0.5) is 0 Å². The fourth-order valence-electron chi connectivity index (χ4n) is 0.607. The molecule has 0 unspecified atom stereocenters. The average molecular weight is 466 g/mol. The molecule has 1 nitrogen and oxygen atoms in total. The van der Waals surface area contributed by atoms with Crippen molar-refractivity contribution in [1.82, 2.24) is 4.98 Å². The largest absolute Gasteiger partial charge is 0.261 e. The van der Waals surface area contributed by atoms with E-state index in [-0.39, 0.29) is 67.3 Å². The molecule has 1 heterocycles. The standard InChI is InChI=1S/C7H9N.Re.Yb/c1-2-7-5-3-4-6-8-7;;/h3-6H,2H2,1H3;;. The molecule has 0 N–H and O–H groups in total. The summed E-state index contributed by atoms with van der Waals surface area (Å²) in [4.78, 5) is 4.10. The molecule has 0 aliphatic rings. The van der Waals surface area contributed by atoms with Crippen molar-refractivity contribution in [2.75, 3.05) is 0 Å². The van der Waals surface area contributed by atoms with Gasteiger partial charge < -0.3 is 0 Å². The fraction of sp³-hybridized carbons (Fsp3) is 0.286. The molecule has 1 rings (SSSR count). The molecule has 0 aromatic carbocycles. The van der Waals surface area contributed by atoms with Crippen LogP contribution in [0.3, 0.4) is 0 Å². The fourth-order valence-corrected chi connectivity index (χ4v) is 0.607. The number of hydrogen-bond donors (Lipinski definition) is 0. The van der Waals surface area contributed by atoms with Gasteiger partial charge in [-0.2, -0.15) is 0 Å². The second-order valence-electron chi connectivity index (χ2n) is 1.67. The SMILES string of the molecule is CCc1ccccn1.[Re].[Yb]. The van der Waals surface area contributed by atoms with Crippen LogP contribution in [0.5, 0.6) is 0 Å². The minimum Gasteiger partial charge on any atom is -0.261 e. The van der Waals surface area contributed by atoms with E-state index in [2.05, 4.69) is 11.9 Å². The third kappa shape index (κ3) is 5.04. The molecule has 10 heavy (non-hydrogen) atoms. The monoisotopic (exact) mass is 468 g/mol. The van der Waals surface area contributed by atoms with Crippen molar-refractivity contribution in [3.63, 3.8) is 0 Å². The van der Waals surface area contributed by atoms with Crippen molar-refractivity contribution in [2.45, 2.75) is 13.3 Å². The molecule has 1 aromatic heterocycles. The van der Waals surface area contributed by atoms with Crippen LogP contribution in [-0.4, -0.2) is 4.98 Å². The van der Waals surface area contributed by atoms with Crippen LogP contribution >= 0.6 is 0 Å². The van der Waals surface area contributed by atoms with Gasteiger partial charge in [-0.05, 0) is 18.6 Å². The molecule has 0 saturated heterocycles. The van der Waals surface area contributed by atoms with E-state index in [0.717, 1.165) is 12.1 Å². The molecule has 0 amide bonds. The summed E-state index contributed by atoms with van der Waals surface area (Å²) in [7, 11) is 0. The Morgan fingerprint density at radius 3 is 2.40 bits per heavy atom.